The Morgan fingerprint density at radius 3 is 2.35 bits per heavy atom. The van der Waals surface area contributed by atoms with Crippen molar-refractivity contribution in [3.8, 4) is 0 Å². The fraction of sp³-hybridized carbons (Fsp3) is 0.769. The highest BCUT2D eigenvalue weighted by molar-refractivity contribution is 6.08. The SMILES string of the molecule is CC.CC1CCN(C(=O)N2CC3(C2)NC(=O)NC3=O)C1. The quantitative estimate of drug-likeness (QED) is 0.630. The van der Waals surface area contributed by atoms with Crippen molar-refractivity contribution in [3.63, 3.8) is 0 Å². The number of carbonyl (C=O) groups is 3. The van der Waals surface area contributed by atoms with Crippen LogP contribution < -0.4 is 10.6 Å². The van der Waals surface area contributed by atoms with Crippen molar-refractivity contribution in [2.45, 2.75) is 32.7 Å². The average Bonchev–Trinajstić information content (AvgIpc) is 2.93. The molecule has 1 spiro atoms. The van der Waals surface area contributed by atoms with Gasteiger partial charge in [-0.05, 0) is 12.3 Å². The van der Waals surface area contributed by atoms with E-state index in [4.69, 9.17) is 0 Å². The zero-order valence-corrected chi connectivity index (χ0v) is 12.2. The molecule has 7 nitrogen and oxygen atoms in total. The highest BCUT2D eigenvalue weighted by Crippen LogP contribution is 2.27. The van der Waals surface area contributed by atoms with Gasteiger partial charge in [0, 0.05) is 13.1 Å². The molecule has 5 amide bonds. The number of hydrogen-bond acceptors (Lipinski definition) is 3. The molecule has 2 N–H and O–H groups in total. The second-order valence-corrected chi connectivity index (χ2v) is 5.47. The summed E-state index contributed by atoms with van der Waals surface area (Å²) in [6.07, 6.45) is 1.03. The van der Waals surface area contributed by atoms with Gasteiger partial charge < -0.3 is 15.1 Å². The predicted molar refractivity (Wildman–Crippen MR) is 73.1 cm³/mol. The Kier molecular flexibility index (Phi) is 3.87. The second kappa shape index (κ2) is 5.30. The van der Waals surface area contributed by atoms with Gasteiger partial charge in [0.2, 0.25) is 0 Å². The van der Waals surface area contributed by atoms with Gasteiger partial charge in [-0.1, -0.05) is 20.8 Å². The minimum absolute atomic E-state index is 0.0288. The normalized spacial score (nSPS) is 26.6. The topological polar surface area (TPSA) is 81.8 Å². The van der Waals surface area contributed by atoms with Crippen molar-refractivity contribution in [2.75, 3.05) is 26.2 Å². The van der Waals surface area contributed by atoms with Crippen LogP contribution in [0.5, 0.6) is 0 Å². The first kappa shape index (κ1) is 14.6. The maximum atomic E-state index is 12.1. The summed E-state index contributed by atoms with van der Waals surface area (Å²) in [4.78, 5) is 38.2. The zero-order chi connectivity index (χ0) is 14.9. The van der Waals surface area contributed by atoms with E-state index in [0.29, 0.717) is 5.92 Å². The number of rotatable bonds is 0. The van der Waals surface area contributed by atoms with Crippen LogP contribution in [-0.4, -0.2) is 59.5 Å². The molecule has 3 aliphatic rings. The first-order valence-corrected chi connectivity index (χ1v) is 7.18. The molecular formula is C13H22N4O3. The Labute approximate surface area is 118 Å². The Morgan fingerprint density at radius 1 is 1.25 bits per heavy atom. The maximum Gasteiger partial charge on any atom is 0.322 e. The lowest BCUT2D eigenvalue weighted by atomic mass is 9.90. The molecule has 3 aliphatic heterocycles. The van der Waals surface area contributed by atoms with Crippen LogP contribution in [0.3, 0.4) is 0 Å². The van der Waals surface area contributed by atoms with Crippen molar-refractivity contribution in [1.29, 1.82) is 0 Å². The van der Waals surface area contributed by atoms with Crippen LogP contribution in [0, 0.1) is 5.92 Å². The van der Waals surface area contributed by atoms with E-state index in [1.165, 1.54) is 0 Å². The van der Waals surface area contributed by atoms with Gasteiger partial charge in [-0.25, -0.2) is 9.59 Å². The number of imide groups is 1. The van der Waals surface area contributed by atoms with Crippen LogP contribution in [0.2, 0.25) is 0 Å². The number of urea groups is 2. The van der Waals surface area contributed by atoms with Crippen molar-refractivity contribution in [2.24, 2.45) is 5.92 Å². The molecule has 0 bridgehead atoms. The average molecular weight is 282 g/mol. The van der Waals surface area contributed by atoms with E-state index >= 15 is 0 Å². The Balaban J connectivity index is 0.000000704. The van der Waals surface area contributed by atoms with Crippen LogP contribution in [0.4, 0.5) is 9.59 Å². The van der Waals surface area contributed by atoms with E-state index in [-0.39, 0.29) is 25.0 Å². The maximum absolute atomic E-state index is 12.1. The van der Waals surface area contributed by atoms with Crippen LogP contribution in [0.15, 0.2) is 0 Å². The fourth-order valence-corrected chi connectivity index (χ4v) is 2.80. The molecule has 0 aromatic rings. The van der Waals surface area contributed by atoms with Crippen LogP contribution in [0.25, 0.3) is 0 Å². The minimum atomic E-state index is -0.877. The van der Waals surface area contributed by atoms with Gasteiger partial charge in [0.1, 0.15) is 0 Å². The van der Waals surface area contributed by atoms with Gasteiger partial charge >= 0.3 is 12.1 Å². The van der Waals surface area contributed by atoms with E-state index < -0.39 is 11.6 Å². The van der Waals surface area contributed by atoms with Crippen LogP contribution >= 0.6 is 0 Å². The lowest BCUT2D eigenvalue weighted by Crippen LogP contribution is -2.73. The molecule has 3 fully saturated rings. The van der Waals surface area contributed by atoms with Crippen molar-refractivity contribution >= 4 is 18.0 Å². The standard InChI is InChI=1S/C11H16N4O3.C2H6/c1-7-2-3-14(4-7)10(18)15-5-11(6-15)8(16)12-9(17)13-11;1-2/h7H,2-6H2,1H3,(H2,12,13,16,17);1-2H3. The summed E-state index contributed by atoms with van der Waals surface area (Å²) in [5, 5.41) is 4.79. The Bertz CT molecular complexity index is 431. The predicted octanol–water partition coefficient (Wildman–Crippen LogP) is 0.368. The summed E-state index contributed by atoms with van der Waals surface area (Å²) in [6, 6.07) is -0.499. The molecule has 3 rings (SSSR count). The Hall–Kier alpha value is -1.79. The summed E-state index contributed by atoms with van der Waals surface area (Å²) in [7, 11) is 0. The van der Waals surface area contributed by atoms with Gasteiger partial charge in [0.15, 0.2) is 5.54 Å². The van der Waals surface area contributed by atoms with Crippen LogP contribution in [0.1, 0.15) is 27.2 Å². The van der Waals surface area contributed by atoms with E-state index in [1.54, 1.807) is 4.90 Å². The van der Waals surface area contributed by atoms with E-state index in [0.717, 1.165) is 19.5 Å². The zero-order valence-electron chi connectivity index (χ0n) is 12.2. The lowest BCUT2D eigenvalue weighted by molar-refractivity contribution is -0.128. The third-order valence-corrected chi connectivity index (χ3v) is 3.90. The number of amides is 5. The van der Waals surface area contributed by atoms with E-state index in [2.05, 4.69) is 17.6 Å². The second-order valence-electron chi connectivity index (χ2n) is 5.47. The van der Waals surface area contributed by atoms with Crippen molar-refractivity contribution < 1.29 is 14.4 Å². The van der Waals surface area contributed by atoms with Gasteiger partial charge in [0.25, 0.3) is 5.91 Å². The van der Waals surface area contributed by atoms with Gasteiger partial charge in [0.05, 0.1) is 13.1 Å². The van der Waals surface area contributed by atoms with Crippen LogP contribution in [-0.2, 0) is 4.79 Å². The van der Waals surface area contributed by atoms with Gasteiger partial charge in [-0.15, -0.1) is 0 Å². The number of nitrogens with one attached hydrogen (secondary N) is 2. The molecule has 0 aromatic carbocycles. The number of nitrogens with zero attached hydrogens (tertiary/aromatic N) is 2. The monoisotopic (exact) mass is 282 g/mol. The number of likely N-dealkylation sites (tertiary alicyclic amines) is 2. The highest BCUT2D eigenvalue weighted by Gasteiger charge is 2.56. The van der Waals surface area contributed by atoms with E-state index in [9.17, 15) is 14.4 Å². The molecule has 1 unspecified atom stereocenters. The third-order valence-electron chi connectivity index (χ3n) is 3.90. The largest absolute Gasteiger partial charge is 0.324 e. The van der Waals surface area contributed by atoms with Crippen molar-refractivity contribution in [3.05, 3.63) is 0 Å². The summed E-state index contributed by atoms with van der Waals surface area (Å²) in [5.41, 5.74) is -0.877. The van der Waals surface area contributed by atoms with Gasteiger partial charge in [-0.3, -0.25) is 10.1 Å². The number of carbonyl (C=O) groups excluding carboxylic acids is 3. The highest BCUT2D eigenvalue weighted by atomic mass is 16.2. The molecule has 20 heavy (non-hydrogen) atoms. The summed E-state index contributed by atoms with van der Waals surface area (Å²) >= 11 is 0. The smallest absolute Gasteiger partial charge is 0.322 e. The molecule has 112 valence electrons. The molecule has 0 saturated carbocycles. The van der Waals surface area contributed by atoms with Gasteiger partial charge in [-0.2, -0.15) is 0 Å². The molecule has 0 aromatic heterocycles. The summed E-state index contributed by atoms with van der Waals surface area (Å²) < 4.78 is 0. The molecule has 0 aliphatic carbocycles. The minimum Gasteiger partial charge on any atom is -0.324 e. The first-order chi connectivity index (χ1) is 9.50. The molecule has 1 atom stereocenters. The Morgan fingerprint density at radius 2 is 1.90 bits per heavy atom. The number of hydrogen-bond donors (Lipinski definition) is 2. The molecule has 7 heteroatoms. The molecule has 3 saturated heterocycles. The molecule has 0 radical (unpaired) electrons. The summed E-state index contributed by atoms with van der Waals surface area (Å²) in [6.45, 7) is 8.22. The molecular weight excluding hydrogens is 260 g/mol. The van der Waals surface area contributed by atoms with Crippen molar-refractivity contribution in [1.82, 2.24) is 20.4 Å². The first-order valence-electron chi connectivity index (χ1n) is 7.18. The third kappa shape index (κ3) is 2.32. The summed E-state index contributed by atoms with van der Waals surface area (Å²) in [5.74, 6) is 0.213. The molecule has 3 heterocycles. The fourth-order valence-electron chi connectivity index (χ4n) is 2.80. The van der Waals surface area contributed by atoms with E-state index in [1.807, 2.05) is 18.7 Å². The lowest BCUT2D eigenvalue weighted by Gasteiger charge is -2.46.